The van der Waals surface area contributed by atoms with Crippen LogP contribution >= 0.6 is 11.8 Å². The lowest BCUT2D eigenvalue weighted by atomic mass is 10.2. The van der Waals surface area contributed by atoms with Crippen molar-refractivity contribution >= 4 is 17.8 Å². The molecule has 128 valence electrons. The third kappa shape index (κ3) is 4.71. The summed E-state index contributed by atoms with van der Waals surface area (Å²) in [6, 6.07) is 11.7. The van der Waals surface area contributed by atoms with Crippen LogP contribution in [0.25, 0.3) is 0 Å². The second kappa shape index (κ2) is 8.68. The van der Waals surface area contributed by atoms with Crippen LogP contribution in [0.4, 0.5) is 4.79 Å². The smallest absolute Gasteiger partial charge is 0.317 e. The van der Waals surface area contributed by atoms with Gasteiger partial charge in [0, 0.05) is 12.1 Å². The van der Waals surface area contributed by atoms with Crippen LogP contribution in [-0.2, 0) is 12.3 Å². The first-order valence-electron chi connectivity index (χ1n) is 8.16. The summed E-state index contributed by atoms with van der Waals surface area (Å²) in [5.74, 6) is 3.74. The SMILES string of the molecule is O=C(NCCCSCc1ccco1)N1CCOc2ccccc2C1. The van der Waals surface area contributed by atoms with Crippen LogP contribution in [0.3, 0.4) is 0 Å². The van der Waals surface area contributed by atoms with Crippen LogP contribution in [0, 0.1) is 0 Å². The highest BCUT2D eigenvalue weighted by Crippen LogP contribution is 2.22. The molecule has 2 amide bonds. The van der Waals surface area contributed by atoms with Crippen molar-refractivity contribution in [2.75, 3.05) is 25.4 Å². The Bertz CT molecular complexity index is 645. The Balaban J connectivity index is 1.36. The summed E-state index contributed by atoms with van der Waals surface area (Å²) in [5, 5.41) is 3.00. The molecule has 0 saturated heterocycles. The normalized spacial score (nSPS) is 13.8. The van der Waals surface area contributed by atoms with Gasteiger partial charge < -0.3 is 19.4 Å². The van der Waals surface area contributed by atoms with Gasteiger partial charge in [-0.15, -0.1) is 0 Å². The van der Waals surface area contributed by atoms with Gasteiger partial charge >= 0.3 is 6.03 Å². The number of amides is 2. The summed E-state index contributed by atoms with van der Waals surface area (Å²) in [6.07, 6.45) is 2.64. The molecule has 5 nitrogen and oxygen atoms in total. The fourth-order valence-electron chi connectivity index (χ4n) is 2.55. The molecule has 1 aromatic heterocycles. The van der Waals surface area contributed by atoms with Crippen molar-refractivity contribution < 1.29 is 13.9 Å². The van der Waals surface area contributed by atoms with Gasteiger partial charge in [-0.3, -0.25) is 0 Å². The summed E-state index contributed by atoms with van der Waals surface area (Å²) in [5.41, 5.74) is 1.05. The Kier molecular flexibility index (Phi) is 6.07. The average Bonchev–Trinajstić information content (AvgIpc) is 3.02. The molecule has 3 rings (SSSR count). The number of hydrogen-bond donors (Lipinski definition) is 1. The van der Waals surface area contributed by atoms with E-state index in [1.807, 2.05) is 53.1 Å². The number of urea groups is 1. The predicted octanol–water partition coefficient (Wildman–Crippen LogP) is 3.51. The summed E-state index contributed by atoms with van der Waals surface area (Å²) in [6.45, 7) is 2.41. The van der Waals surface area contributed by atoms with E-state index in [2.05, 4.69) is 5.32 Å². The Hall–Kier alpha value is -2.08. The third-order valence-corrected chi connectivity index (χ3v) is 4.87. The van der Waals surface area contributed by atoms with Crippen molar-refractivity contribution in [2.45, 2.75) is 18.7 Å². The van der Waals surface area contributed by atoms with Crippen molar-refractivity contribution in [1.29, 1.82) is 0 Å². The van der Waals surface area contributed by atoms with E-state index in [4.69, 9.17) is 9.15 Å². The molecule has 2 aromatic rings. The van der Waals surface area contributed by atoms with Crippen LogP contribution in [0.5, 0.6) is 5.75 Å². The lowest BCUT2D eigenvalue weighted by Crippen LogP contribution is -2.41. The Morgan fingerprint density at radius 2 is 2.17 bits per heavy atom. The number of para-hydroxylation sites is 1. The highest BCUT2D eigenvalue weighted by atomic mass is 32.2. The zero-order valence-electron chi connectivity index (χ0n) is 13.6. The molecule has 2 heterocycles. The molecule has 1 aliphatic heterocycles. The fraction of sp³-hybridized carbons (Fsp3) is 0.389. The van der Waals surface area contributed by atoms with Crippen LogP contribution in [0.15, 0.2) is 47.1 Å². The molecular formula is C18H22N2O3S. The molecule has 1 N–H and O–H groups in total. The molecule has 0 fully saturated rings. The number of furan rings is 1. The van der Waals surface area contributed by atoms with E-state index in [1.165, 1.54) is 0 Å². The van der Waals surface area contributed by atoms with Gasteiger partial charge in [0.1, 0.15) is 18.1 Å². The molecule has 0 radical (unpaired) electrons. The molecule has 1 aliphatic rings. The van der Waals surface area contributed by atoms with E-state index in [0.29, 0.717) is 26.2 Å². The van der Waals surface area contributed by atoms with E-state index in [-0.39, 0.29) is 6.03 Å². The van der Waals surface area contributed by atoms with Crippen molar-refractivity contribution in [1.82, 2.24) is 10.2 Å². The fourth-order valence-corrected chi connectivity index (χ4v) is 3.41. The molecular weight excluding hydrogens is 324 g/mol. The first-order valence-corrected chi connectivity index (χ1v) is 9.32. The number of hydrogen-bond acceptors (Lipinski definition) is 4. The Labute approximate surface area is 146 Å². The maximum Gasteiger partial charge on any atom is 0.317 e. The second-order valence-corrected chi connectivity index (χ2v) is 6.70. The monoisotopic (exact) mass is 346 g/mol. The first kappa shape index (κ1) is 16.8. The lowest BCUT2D eigenvalue weighted by Gasteiger charge is -2.20. The minimum atomic E-state index is -0.0219. The molecule has 0 saturated carbocycles. The van der Waals surface area contributed by atoms with Gasteiger partial charge in [0.2, 0.25) is 0 Å². The van der Waals surface area contributed by atoms with Gasteiger partial charge in [-0.1, -0.05) is 18.2 Å². The summed E-state index contributed by atoms with van der Waals surface area (Å²) < 4.78 is 11.0. The molecule has 0 spiro atoms. The van der Waals surface area contributed by atoms with Gasteiger partial charge in [0.25, 0.3) is 0 Å². The molecule has 24 heavy (non-hydrogen) atoms. The minimum absolute atomic E-state index is 0.0219. The number of carbonyl (C=O) groups is 1. The number of thioether (sulfide) groups is 1. The number of nitrogens with zero attached hydrogens (tertiary/aromatic N) is 1. The van der Waals surface area contributed by atoms with Crippen molar-refractivity contribution in [3.05, 3.63) is 54.0 Å². The van der Waals surface area contributed by atoms with Crippen molar-refractivity contribution in [3.63, 3.8) is 0 Å². The number of rotatable bonds is 6. The first-order chi connectivity index (χ1) is 11.8. The number of ether oxygens (including phenoxy) is 1. The molecule has 1 aromatic carbocycles. The third-order valence-electron chi connectivity index (χ3n) is 3.81. The molecule has 0 atom stereocenters. The molecule has 0 unspecified atom stereocenters. The molecule has 0 bridgehead atoms. The van der Waals surface area contributed by atoms with E-state index in [0.717, 1.165) is 35.0 Å². The van der Waals surface area contributed by atoms with Gasteiger partial charge in [-0.2, -0.15) is 11.8 Å². The van der Waals surface area contributed by atoms with Crippen LogP contribution in [0.1, 0.15) is 17.7 Å². The van der Waals surface area contributed by atoms with E-state index >= 15 is 0 Å². The highest BCUT2D eigenvalue weighted by molar-refractivity contribution is 7.98. The number of carbonyl (C=O) groups excluding carboxylic acids is 1. The molecule has 0 aliphatic carbocycles. The average molecular weight is 346 g/mol. The molecule has 6 heteroatoms. The Morgan fingerprint density at radius 1 is 1.25 bits per heavy atom. The van der Waals surface area contributed by atoms with Gasteiger partial charge in [-0.05, 0) is 30.4 Å². The van der Waals surface area contributed by atoms with E-state index in [9.17, 15) is 4.79 Å². The number of nitrogens with one attached hydrogen (secondary N) is 1. The zero-order chi connectivity index (χ0) is 16.6. The van der Waals surface area contributed by atoms with Gasteiger partial charge in [0.05, 0.1) is 25.1 Å². The van der Waals surface area contributed by atoms with Gasteiger partial charge in [0.15, 0.2) is 0 Å². The van der Waals surface area contributed by atoms with Crippen LogP contribution in [0.2, 0.25) is 0 Å². The summed E-state index contributed by atoms with van der Waals surface area (Å²) in [7, 11) is 0. The Morgan fingerprint density at radius 3 is 3.04 bits per heavy atom. The lowest BCUT2D eigenvalue weighted by molar-refractivity contribution is 0.188. The summed E-state index contributed by atoms with van der Waals surface area (Å²) in [4.78, 5) is 14.1. The van der Waals surface area contributed by atoms with Gasteiger partial charge in [-0.25, -0.2) is 4.79 Å². The van der Waals surface area contributed by atoms with Crippen molar-refractivity contribution in [2.24, 2.45) is 0 Å². The zero-order valence-corrected chi connectivity index (χ0v) is 14.4. The highest BCUT2D eigenvalue weighted by Gasteiger charge is 2.18. The van der Waals surface area contributed by atoms with E-state index in [1.54, 1.807) is 6.26 Å². The second-order valence-electron chi connectivity index (χ2n) is 5.60. The minimum Gasteiger partial charge on any atom is -0.491 e. The largest absolute Gasteiger partial charge is 0.491 e. The number of benzene rings is 1. The summed E-state index contributed by atoms with van der Waals surface area (Å²) >= 11 is 1.81. The van der Waals surface area contributed by atoms with Crippen LogP contribution in [-0.4, -0.2) is 36.4 Å². The number of fused-ring (bicyclic) bond motifs is 1. The maximum atomic E-state index is 12.3. The standard InChI is InChI=1S/C18H22N2O3S/c21-18(19-8-4-12-24-14-16-6-3-10-22-16)20-9-11-23-17-7-2-1-5-15(17)13-20/h1-3,5-7,10H,4,8-9,11-14H2,(H,19,21). The van der Waals surface area contributed by atoms with Crippen LogP contribution < -0.4 is 10.1 Å². The topological polar surface area (TPSA) is 54.7 Å². The van der Waals surface area contributed by atoms with E-state index < -0.39 is 0 Å². The maximum absolute atomic E-state index is 12.3. The predicted molar refractivity (Wildman–Crippen MR) is 95.2 cm³/mol. The quantitative estimate of drug-likeness (QED) is 0.813. The van der Waals surface area contributed by atoms with Crippen molar-refractivity contribution in [3.8, 4) is 5.75 Å².